The van der Waals surface area contributed by atoms with E-state index in [1.165, 1.54) is 0 Å². The molecule has 0 amide bonds. The van der Waals surface area contributed by atoms with Gasteiger partial charge in [0.15, 0.2) is 0 Å². The fraction of sp³-hybridized carbons (Fsp3) is 0.538. The Morgan fingerprint density at radius 3 is 2.45 bits per heavy atom. The zero-order valence-electron chi connectivity index (χ0n) is 19.5. The van der Waals surface area contributed by atoms with Crippen molar-refractivity contribution in [2.45, 2.75) is 44.7 Å². The van der Waals surface area contributed by atoms with Crippen LogP contribution in [0.3, 0.4) is 0 Å². The number of aromatic hydroxyl groups is 1. The van der Waals surface area contributed by atoms with Gasteiger partial charge in [0.1, 0.15) is 18.1 Å². The molecular formula is C26H33F3N2O2. The Morgan fingerprint density at radius 1 is 1.12 bits per heavy atom. The Kier molecular flexibility index (Phi) is 6.65. The van der Waals surface area contributed by atoms with Gasteiger partial charge >= 0.3 is 0 Å². The molecule has 7 heteroatoms. The molecule has 0 radical (unpaired) electrons. The van der Waals surface area contributed by atoms with E-state index in [2.05, 4.69) is 4.90 Å². The van der Waals surface area contributed by atoms with Gasteiger partial charge in [0.05, 0.1) is 19.3 Å². The summed E-state index contributed by atoms with van der Waals surface area (Å²) in [6.45, 7) is 7.11. The summed E-state index contributed by atoms with van der Waals surface area (Å²) in [6.07, 6.45) is 0.574. The number of hydrogen-bond acceptors (Lipinski definition) is 4. The molecule has 0 saturated carbocycles. The molecule has 0 spiro atoms. The summed E-state index contributed by atoms with van der Waals surface area (Å²) in [5.41, 5.74) is 2.29. The summed E-state index contributed by atoms with van der Waals surface area (Å²) in [7, 11) is 0. The van der Waals surface area contributed by atoms with Crippen molar-refractivity contribution in [3.8, 4) is 11.5 Å². The number of phenolic OH excluding ortho intramolecular Hbond substituents is 1. The number of ether oxygens (including phenoxy) is 1. The number of nitrogens with zero attached hydrogens (tertiary/aromatic N) is 2. The number of likely N-dealkylation sites (tertiary alicyclic amines) is 1. The summed E-state index contributed by atoms with van der Waals surface area (Å²) in [6, 6.07) is 12.5. The normalized spacial score (nSPS) is 21.5. The second-order valence-electron chi connectivity index (χ2n) is 10.2. The van der Waals surface area contributed by atoms with E-state index >= 15 is 0 Å². The first-order valence-electron chi connectivity index (χ1n) is 11.5. The predicted octanol–water partition coefficient (Wildman–Crippen LogP) is 5.05. The minimum atomic E-state index is -2.84. The Labute approximate surface area is 194 Å². The van der Waals surface area contributed by atoms with Gasteiger partial charge in [-0.3, -0.25) is 14.2 Å². The first kappa shape index (κ1) is 23.9. The Balaban J connectivity index is 1.54. The van der Waals surface area contributed by atoms with E-state index in [-0.39, 0.29) is 30.9 Å². The van der Waals surface area contributed by atoms with Crippen LogP contribution in [0.1, 0.15) is 43.5 Å². The molecule has 0 bridgehead atoms. The highest BCUT2D eigenvalue weighted by Gasteiger charge is 2.43. The van der Waals surface area contributed by atoms with Crippen LogP contribution in [0.25, 0.3) is 0 Å². The lowest BCUT2D eigenvalue weighted by Gasteiger charge is -2.49. The molecule has 2 aromatic carbocycles. The summed E-state index contributed by atoms with van der Waals surface area (Å²) in [5, 5.41) is 10.0. The van der Waals surface area contributed by atoms with Crippen LogP contribution < -0.4 is 4.74 Å². The van der Waals surface area contributed by atoms with Crippen molar-refractivity contribution in [1.29, 1.82) is 0 Å². The van der Waals surface area contributed by atoms with Crippen molar-refractivity contribution in [2.75, 3.05) is 39.5 Å². The fourth-order valence-corrected chi connectivity index (χ4v) is 5.06. The minimum absolute atomic E-state index is 0.160. The Morgan fingerprint density at radius 2 is 1.82 bits per heavy atom. The molecule has 1 atom stereocenters. The lowest BCUT2D eigenvalue weighted by molar-refractivity contribution is -0.0581. The van der Waals surface area contributed by atoms with E-state index in [4.69, 9.17) is 4.74 Å². The Hall–Kier alpha value is -2.25. The van der Waals surface area contributed by atoms with Crippen LogP contribution in [-0.2, 0) is 6.42 Å². The van der Waals surface area contributed by atoms with Crippen molar-refractivity contribution in [3.05, 3.63) is 59.2 Å². The number of rotatable bonds is 8. The maximum absolute atomic E-state index is 14.2. The lowest BCUT2D eigenvalue weighted by atomic mass is 9.78. The third-order valence-electron chi connectivity index (χ3n) is 6.70. The number of hydrogen-bond donors (Lipinski definition) is 1. The van der Waals surface area contributed by atoms with Gasteiger partial charge in [0, 0.05) is 38.0 Å². The van der Waals surface area contributed by atoms with Crippen LogP contribution in [0.4, 0.5) is 13.2 Å². The summed E-state index contributed by atoms with van der Waals surface area (Å²) in [5.74, 6) is -1.78. The first-order valence-corrected chi connectivity index (χ1v) is 11.5. The van der Waals surface area contributed by atoms with E-state index in [9.17, 15) is 18.3 Å². The molecule has 2 aliphatic heterocycles. The third kappa shape index (κ3) is 5.46. The molecule has 180 valence electrons. The fourth-order valence-electron chi connectivity index (χ4n) is 5.06. The highest BCUT2D eigenvalue weighted by Crippen LogP contribution is 2.44. The van der Waals surface area contributed by atoms with E-state index in [0.717, 1.165) is 49.0 Å². The second kappa shape index (κ2) is 9.18. The van der Waals surface area contributed by atoms with Crippen LogP contribution in [-0.4, -0.2) is 65.8 Å². The van der Waals surface area contributed by atoms with Crippen LogP contribution in [0.2, 0.25) is 0 Å². The number of benzene rings is 2. The Bertz CT molecular complexity index is 953. The van der Waals surface area contributed by atoms with Gasteiger partial charge in [0.25, 0.3) is 5.92 Å². The van der Waals surface area contributed by atoms with Gasteiger partial charge in [-0.05, 0) is 61.2 Å². The summed E-state index contributed by atoms with van der Waals surface area (Å²) >= 11 is 0. The molecule has 0 aromatic heterocycles. The van der Waals surface area contributed by atoms with E-state index in [1.54, 1.807) is 12.1 Å². The van der Waals surface area contributed by atoms with Gasteiger partial charge in [-0.25, -0.2) is 8.78 Å². The molecular weight excluding hydrogens is 429 g/mol. The highest BCUT2D eigenvalue weighted by atomic mass is 19.3. The third-order valence-corrected chi connectivity index (χ3v) is 6.70. The molecule has 33 heavy (non-hydrogen) atoms. The van der Waals surface area contributed by atoms with Gasteiger partial charge in [0.2, 0.25) is 0 Å². The minimum Gasteiger partial charge on any atom is -0.508 e. The van der Waals surface area contributed by atoms with Crippen molar-refractivity contribution in [2.24, 2.45) is 5.92 Å². The van der Waals surface area contributed by atoms with Gasteiger partial charge in [-0.15, -0.1) is 0 Å². The van der Waals surface area contributed by atoms with E-state index in [0.29, 0.717) is 13.0 Å². The smallest absolute Gasteiger partial charge is 0.257 e. The number of halogens is 3. The largest absolute Gasteiger partial charge is 0.508 e. The van der Waals surface area contributed by atoms with E-state index in [1.807, 2.05) is 49.1 Å². The van der Waals surface area contributed by atoms with Crippen LogP contribution >= 0.6 is 0 Å². The number of phenols is 1. The molecule has 4 rings (SSSR count). The summed E-state index contributed by atoms with van der Waals surface area (Å²) in [4.78, 5) is 4.03. The molecule has 2 aliphatic rings. The predicted molar refractivity (Wildman–Crippen MR) is 123 cm³/mol. The average Bonchev–Trinajstić information content (AvgIpc) is 2.70. The van der Waals surface area contributed by atoms with Crippen LogP contribution in [0, 0.1) is 5.92 Å². The maximum Gasteiger partial charge on any atom is 0.257 e. The molecule has 2 aromatic rings. The average molecular weight is 463 g/mol. The highest BCUT2D eigenvalue weighted by molar-refractivity contribution is 5.45. The maximum atomic E-state index is 14.2. The zero-order valence-corrected chi connectivity index (χ0v) is 19.5. The van der Waals surface area contributed by atoms with Crippen molar-refractivity contribution >= 4 is 0 Å². The van der Waals surface area contributed by atoms with Gasteiger partial charge in [-0.2, -0.15) is 0 Å². The van der Waals surface area contributed by atoms with E-state index < -0.39 is 11.5 Å². The second-order valence-corrected chi connectivity index (χ2v) is 10.2. The molecule has 1 fully saturated rings. The van der Waals surface area contributed by atoms with Crippen molar-refractivity contribution in [1.82, 2.24) is 9.80 Å². The SMILES string of the molecule is CC(F)(F)CN1[C@@H](c2ccc(OCCN3CC(CF)C3)cc2)c2ccc(O)cc2CC1(C)C. The molecule has 1 N–H and O–H groups in total. The van der Waals surface area contributed by atoms with Crippen LogP contribution in [0.5, 0.6) is 11.5 Å². The molecule has 1 saturated heterocycles. The topological polar surface area (TPSA) is 35.9 Å². The molecule has 0 unspecified atom stereocenters. The standard InChI is InChI=1S/C26H33F3N2O2/c1-25(2)13-20-12-21(32)6-9-23(20)24(31(25)17-26(3,28)29)19-4-7-22(8-5-19)33-11-10-30-15-18(14-27)16-30/h4-9,12,18,24,32H,10-11,13-17H2,1-3H3/t24-/m0/s1. The molecule has 2 heterocycles. The number of fused-ring (bicyclic) bond motifs is 1. The van der Waals surface area contributed by atoms with Crippen molar-refractivity contribution < 1.29 is 23.0 Å². The van der Waals surface area contributed by atoms with Crippen molar-refractivity contribution in [3.63, 3.8) is 0 Å². The van der Waals surface area contributed by atoms with Gasteiger partial charge < -0.3 is 9.84 Å². The summed E-state index contributed by atoms with van der Waals surface area (Å²) < 4.78 is 46.8. The first-order chi connectivity index (χ1) is 15.6. The quantitative estimate of drug-likeness (QED) is 0.595. The lowest BCUT2D eigenvalue weighted by Crippen LogP contribution is -2.54. The van der Waals surface area contributed by atoms with Gasteiger partial charge in [-0.1, -0.05) is 18.2 Å². The van der Waals surface area contributed by atoms with Crippen LogP contribution in [0.15, 0.2) is 42.5 Å². The monoisotopic (exact) mass is 462 g/mol. The molecule has 0 aliphatic carbocycles. The molecule has 4 nitrogen and oxygen atoms in total. The zero-order chi connectivity index (χ0) is 23.8. The number of alkyl halides is 3.